The maximum Gasteiger partial charge on any atom is 0.257 e. The minimum Gasteiger partial charge on any atom is -0.394 e. The van der Waals surface area contributed by atoms with Gasteiger partial charge in [-0.2, -0.15) is 0 Å². The average molecular weight is 266 g/mol. The molecule has 1 amide bonds. The fraction of sp³-hybridized carbons (Fsp3) is 0.571. The van der Waals surface area contributed by atoms with Gasteiger partial charge >= 0.3 is 0 Å². The lowest BCUT2D eigenvalue weighted by molar-refractivity contribution is 0.0896. The van der Waals surface area contributed by atoms with Crippen molar-refractivity contribution in [1.82, 2.24) is 10.3 Å². The summed E-state index contributed by atoms with van der Waals surface area (Å²) in [5.74, 6) is -0.454. The first-order valence-electron chi connectivity index (χ1n) is 6.34. The monoisotopic (exact) mass is 266 g/mol. The molecule has 0 spiro atoms. The number of pyridine rings is 1. The van der Waals surface area contributed by atoms with Crippen LogP contribution in [0.1, 0.15) is 43.2 Å². The van der Waals surface area contributed by atoms with E-state index in [1.165, 1.54) is 12.3 Å². The topological polar surface area (TPSA) is 82.2 Å². The first kappa shape index (κ1) is 15.4. The summed E-state index contributed by atoms with van der Waals surface area (Å²) in [6.07, 6.45) is 2.04. The zero-order valence-corrected chi connectivity index (χ0v) is 11.9. The molecule has 0 aliphatic heterocycles. The number of aromatic nitrogens is 1. The third-order valence-corrected chi connectivity index (χ3v) is 2.72. The molecular formula is C14H22N2O3. The van der Waals surface area contributed by atoms with Crippen LogP contribution in [0.15, 0.2) is 17.1 Å². The number of aliphatic hydroxyl groups excluding tert-OH is 1. The van der Waals surface area contributed by atoms with Crippen molar-refractivity contribution in [3.63, 3.8) is 0 Å². The number of hydrogen-bond acceptors (Lipinski definition) is 3. The maximum atomic E-state index is 12.0. The van der Waals surface area contributed by atoms with Gasteiger partial charge in [0.15, 0.2) is 5.43 Å². The third-order valence-electron chi connectivity index (χ3n) is 2.72. The Hall–Kier alpha value is -1.62. The smallest absolute Gasteiger partial charge is 0.257 e. The molecule has 1 aromatic heterocycles. The minimum atomic E-state index is -0.454. The SMILES string of the molecule is Cc1cc(=O)c(C(=O)NC(CO)CC(C)(C)C)c[nH]1. The number of carbonyl (C=O) groups is 1. The molecule has 0 aliphatic rings. The summed E-state index contributed by atoms with van der Waals surface area (Å²) >= 11 is 0. The van der Waals surface area contributed by atoms with Crippen molar-refractivity contribution in [2.24, 2.45) is 5.41 Å². The molecule has 1 rings (SSSR count). The zero-order valence-electron chi connectivity index (χ0n) is 11.9. The van der Waals surface area contributed by atoms with Gasteiger partial charge in [0.2, 0.25) is 0 Å². The minimum absolute atomic E-state index is 0.0135. The summed E-state index contributed by atoms with van der Waals surface area (Å²) in [6, 6.07) is 1.03. The van der Waals surface area contributed by atoms with Gasteiger partial charge in [0.1, 0.15) is 5.56 Å². The summed E-state index contributed by atoms with van der Waals surface area (Å²) in [7, 11) is 0. The van der Waals surface area contributed by atoms with Crippen molar-refractivity contribution in [3.8, 4) is 0 Å². The van der Waals surface area contributed by atoms with E-state index < -0.39 is 5.91 Å². The predicted molar refractivity (Wildman–Crippen MR) is 74.2 cm³/mol. The van der Waals surface area contributed by atoms with Crippen LogP contribution in [0.3, 0.4) is 0 Å². The van der Waals surface area contributed by atoms with Gasteiger partial charge in [-0.05, 0) is 18.8 Å². The van der Waals surface area contributed by atoms with E-state index in [4.69, 9.17) is 0 Å². The highest BCUT2D eigenvalue weighted by Crippen LogP contribution is 2.20. The quantitative estimate of drug-likeness (QED) is 0.766. The summed E-state index contributed by atoms with van der Waals surface area (Å²) in [4.78, 5) is 26.5. The number of carbonyl (C=O) groups excluding carboxylic acids is 1. The van der Waals surface area contributed by atoms with E-state index in [1.807, 2.05) is 20.8 Å². The first-order chi connectivity index (χ1) is 8.73. The molecule has 0 radical (unpaired) electrons. The van der Waals surface area contributed by atoms with Gasteiger partial charge in [0.25, 0.3) is 5.91 Å². The molecule has 0 aliphatic carbocycles. The predicted octanol–water partition coefficient (Wildman–Crippen LogP) is 1.21. The Morgan fingerprint density at radius 2 is 2.11 bits per heavy atom. The molecule has 1 atom stereocenters. The molecule has 0 bridgehead atoms. The lowest BCUT2D eigenvalue weighted by atomic mass is 9.88. The first-order valence-corrected chi connectivity index (χ1v) is 6.34. The van der Waals surface area contributed by atoms with Crippen molar-refractivity contribution in [1.29, 1.82) is 0 Å². The van der Waals surface area contributed by atoms with Crippen LogP contribution in [0.25, 0.3) is 0 Å². The molecule has 1 heterocycles. The van der Waals surface area contributed by atoms with Gasteiger partial charge in [-0.3, -0.25) is 9.59 Å². The summed E-state index contributed by atoms with van der Waals surface area (Å²) in [5, 5.41) is 12.0. The number of amides is 1. The van der Waals surface area contributed by atoms with E-state index in [9.17, 15) is 14.7 Å². The van der Waals surface area contributed by atoms with Gasteiger partial charge < -0.3 is 15.4 Å². The summed E-state index contributed by atoms with van der Waals surface area (Å²) in [6.45, 7) is 7.69. The molecule has 0 fully saturated rings. The molecule has 106 valence electrons. The molecular weight excluding hydrogens is 244 g/mol. The van der Waals surface area contributed by atoms with E-state index in [-0.39, 0.29) is 29.1 Å². The van der Waals surface area contributed by atoms with Crippen LogP contribution in [-0.4, -0.2) is 28.6 Å². The molecule has 19 heavy (non-hydrogen) atoms. The van der Waals surface area contributed by atoms with Crippen molar-refractivity contribution in [2.75, 3.05) is 6.61 Å². The van der Waals surface area contributed by atoms with Crippen LogP contribution in [0.5, 0.6) is 0 Å². The van der Waals surface area contributed by atoms with Crippen LogP contribution in [0.4, 0.5) is 0 Å². The van der Waals surface area contributed by atoms with Crippen LogP contribution < -0.4 is 10.7 Å². The molecule has 3 N–H and O–H groups in total. The molecule has 5 nitrogen and oxygen atoms in total. The second kappa shape index (κ2) is 6.02. The Kier molecular flexibility index (Phi) is 4.89. The van der Waals surface area contributed by atoms with Crippen LogP contribution in [0, 0.1) is 12.3 Å². The van der Waals surface area contributed by atoms with Crippen molar-refractivity contribution < 1.29 is 9.90 Å². The highest BCUT2D eigenvalue weighted by Gasteiger charge is 2.21. The highest BCUT2D eigenvalue weighted by molar-refractivity contribution is 5.93. The Balaban J connectivity index is 2.80. The maximum absolute atomic E-state index is 12.0. The lowest BCUT2D eigenvalue weighted by Crippen LogP contribution is -2.41. The lowest BCUT2D eigenvalue weighted by Gasteiger charge is -2.25. The summed E-state index contributed by atoms with van der Waals surface area (Å²) in [5.41, 5.74) is 0.439. The van der Waals surface area contributed by atoms with E-state index in [0.29, 0.717) is 12.1 Å². The van der Waals surface area contributed by atoms with Crippen molar-refractivity contribution in [2.45, 2.75) is 40.2 Å². The second-order valence-corrected chi connectivity index (χ2v) is 6.01. The molecule has 0 saturated heterocycles. The summed E-state index contributed by atoms with van der Waals surface area (Å²) < 4.78 is 0. The van der Waals surface area contributed by atoms with Gasteiger partial charge in [0, 0.05) is 18.0 Å². The van der Waals surface area contributed by atoms with Crippen LogP contribution in [-0.2, 0) is 0 Å². The van der Waals surface area contributed by atoms with E-state index in [2.05, 4.69) is 10.3 Å². The third kappa shape index (κ3) is 4.87. The largest absolute Gasteiger partial charge is 0.394 e. The molecule has 0 saturated carbocycles. The number of aromatic amines is 1. The fourth-order valence-corrected chi connectivity index (χ4v) is 1.91. The van der Waals surface area contributed by atoms with Gasteiger partial charge in [0.05, 0.1) is 12.6 Å². The zero-order chi connectivity index (χ0) is 14.6. The number of aliphatic hydroxyl groups is 1. The fourth-order valence-electron chi connectivity index (χ4n) is 1.91. The molecule has 1 aromatic rings. The number of nitrogens with one attached hydrogen (secondary N) is 2. The number of aryl methyl sites for hydroxylation is 1. The molecule has 1 unspecified atom stereocenters. The number of rotatable bonds is 4. The standard InChI is InChI=1S/C14H22N2O3/c1-9-5-12(18)11(7-15-9)13(19)16-10(8-17)6-14(2,3)4/h5,7,10,17H,6,8H2,1-4H3,(H,15,18)(H,16,19). The Morgan fingerprint density at radius 3 is 2.58 bits per heavy atom. The second-order valence-electron chi connectivity index (χ2n) is 6.01. The Labute approximate surface area is 113 Å². The van der Waals surface area contributed by atoms with Crippen LogP contribution >= 0.6 is 0 Å². The van der Waals surface area contributed by atoms with E-state index in [0.717, 1.165) is 0 Å². The van der Waals surface area contributed by atoms with Gasteiger partial charge in [-0.1, -0.05) is 20.8 Å². The van der Waals surface area contributed by atoms with Crippen LogP contribution in [0.2, 0.25) is 0 Å². The van der Waals surface area contributed by atoms with E-state index >= 15 is 0 Å². The Bertz CT molecular complexity index is 500. The normalized spacial score (nSPS) is 13.1. The Morgan fingerprint density at radius 1 is 1.47 bits per heavy atom. The average Bonchev–Trinajstić information content (AvgIpc) is 2.25. The highest BCUT2D eigenvalue weighted by atomic mass is 16.3. The molecule has 0 aromatic carbocycles. The van der Waals surface area contributed by atoms with Gasteiger partial charge in [-0.25, -0.2) is 0 Å². The number of hydrogen-bond donors (Lipinski definition) is 3. The van der Waals surface area contributed by atoms with Crippen molar-refractivity contribution >= 4 is 5.91 Å². The van der Waals surface area contributed by atoms with E-state index in [1.54, 1.807) is 6.92 Å². The number of H-pyrrole nitrogens is 1. The molecule has 5 heteroatoms. The van der Waals surface area contributed by atoms with Gasteiger partial charge in [-0.15, -0.1) is 0 Å². The van der Waals surface area contributed by atoms with Crippen molar-refractivity contribution in [3.05, 3.63) is 33.7 Å².